The van der Waals surface area contributed by atoms with Gasteiger partial charge in [0.2, 0.25) is 5.91 Å². The van der Waals surface area contributed by atoms with Crippen LogP contribution in [0.5, 0.6) is 5.75 Å². The molecule has 1 aliphatic rings. The lowest BCUT2D eigenvalue weighted by Crippen LogP contribution is -2.42. The Hall–Kier alpha value is -5.16. The van der Waals surface area contributed by atoms with Gasteiger partial charge in [-0.25, -0.2) is 14.4 Å². The molecule has 1 aromatic heterocycles. The van der Waals surface area contributed by atoms with Crippen LogP contribution < -0.4 is 10.6 Å². The van der Waals surface area contributed by atoms with Gasteiger partial charge in [0.1, 0.15) is 5.75 Å². The van der Waals surface area contributed by atoms with Crippen molar-refractivity contribution in [1.29, 1.82) is 0 Å². The molecular weight excluding hydrogens is 588 g/mol. The molecule has 0 aliphatic carbocycles. The number of piperidine rings is 1. The number of carboxylic acids is 2. The molecule has 0 radical (unpaired) electrons. The molecule has 11 nitrogen and oxygen atoms in total. The summed E-state index contributed by atoms with van der Waals surface area (Å²) in [5, 5.41) is 27.4. The number of aromatic hydroxyl groups is 1. The van der Waals surface area contributed by atoms with Crippen LogP contribution in [0.2, 0.25) is 0 Å². The van der Waals surface area contributed by atoms with Crippen molar-refractivity contribution in [2.75, 3.05) is 31.1 Å². The molecule has 1 aliphatic heterocycles. The molecule has 4 aromatic rings. The van der Waals surface area contributed by atoms with E-state index in [0.717, 1.165) is 65.7 Å². The summed E-state index contributed by atoms with van der Waals surface area (Å²) in [7, 11) is 0. The predicted octanol–water partition coefficient (Wildman–Crippen LogP) is 5.02. The highest BCUT2D eigenvalue weighted by Crippen LogP contribution is 2.28. The van der Waals surface area contributed by atoms with Crippen LogP contribution in [0, 0.1) is 5.92 Å². The van der Waals surface area contributed by atoms with Gasteiger partial charge >= 0.3 is 17.6 Å². The van der Waals surface area contributed by atoms with Crippen LogP contribution in [-0.2, 0) is 20.9 Å². The molecule has 0 spiro atoms. The standard InChI is InChI=1S/C31H36N4O3.C4H4O4/c1-4-30(37)34(26-11-9-25-20-27(36)12-10-24(25)19-26)21-23-13-15-32(16-14-23)17-18-33-28-7-5-6-8-29(28)35(22(2)3)31(33)38;5-3(6)1-2-4(7)8/h5-12,19-20,23,36H,2,4,13-18,21H2,1,3H3;1-2H,(H,5,6)(H,7,8)/b;2-1+. The maximum absolute atomic E-state index is 13.1. The summed E-state index contributed by atoms with van der Waals surface area (Å²) >= 11 is 0. The average molecular weight is 629 g/mol. The highest BCUT2D eigenvalue weighted by Gasteiger charge is 2.25. The topological polar surface area (TPSA) is 145 Å². The molecule has 1 amide bonds. The van der Waals surface area contributed by atoms with Crippen molar-refractivity contribution in [2.45, 2.75) is 39.7 Å². The van der Waals surface area contributed by atoms with E-state index < -0.39 is 11.9 Å². The maximum Gasteiger partial charge on any atom is 0.333 e. The van der Waals surface area contributed by atoms with Gasteiger partial charge in [-0.1, -0.05) is 37.8 Å². The highest BCUT2D eigenvalue weighted by molar-refractivity contribution is 5.96. The van der Waals surface area contributed by atoms with Gasteiger partial charge in [-0.3, -0.25) is 13.9 Å². The molecule has 1 saturated heterocycles. The number of anilines is 1. The van der Waals surface area contributed by atoms with Gasteiger partial charge in [0.15, 0.2) is 0 Å². The first-order chi connectivity index (χ1) is 22.0. The fraction of sp³-hybridized carbons (Fsp3) is 0.314. The van der Waals surface area contributed by atoms with Gasteiger partial charge in [0, 0.05) is 49.6 Å². The molecule has 11 heteroatoms. The molecule has 1 fully saturated rings. The number of phenolic OH excluding ortho intramolecular Hbond substituents is 1. The molecule has 3 N–H and O–H groups in total. The van der Waals surface area contributed by atoms with E-state index in [1.807, 2.05) is 71.8 Å². The molecule has 0 unspecified atom stereocenters. The van der Waals surface area contributed by atoms with Crippen LogP contribution in [0.4, 0.5) is 5.69 Å². The summed E-state index contributed by atoms with van der Waals surface area (Å²) in [6, 6.07) is 19.2. The Morgan fingerprint density at radius 2 is 1.52 bits per heavy atom. The van der Waals surface area contributed by atoms with Crippen LogP contribution in [0.1, 0.15) is 33.1 Å². The fourth-order valence-corrected chi connectivity index (χ4v) is 5.76. The molecule has 2 heterocycles. The van der Waals surface area contributed by atoms with E-state index >= 15 is 0 Å². The third-order valence-electron chi connectivity index (χ3n) is 8.10. The number of likely N-dealkylation sites (tertiary alicyclic amines) is 1. The monoisotopic (exact) mass is 628 g/mol. The molecule has 3 aromatic carbocycles. The molecular formula is C35H40N4O7. The number of carboxylic acid groups (broad SMARTS) is 2. The number of amides is 1. The van der Waals surface area contributed by atoms with Crippen molar-refractivity contribution in [1.82, 2.24) is 14.0 Å². The lowest BCUT2D eigenvalue weighted by atomic mass is 9.95. The number of hydrogen-bond donors (Lipinski definition) is 3. The second-order valence-electron chi connectivity index (χ2n) is 11.4. The van der Waals surface area contributed by atoms with E-state index in [2.05, 4.69) is 11.5 Å². The minimum atomic E-state index is -1.26. The number of carbonyl (C=O) groups is 3. The van der Waals surface area contributed by atoms with Gasteiger partial charge in [-0.05, 0) is 85.9 Å². The number of rotatable bonds is 10. The smallest absolute Gasteiger partial charge is 0.333 e. The number of aliphatic carboxylic acids is 2. The number of benzene rings is 3. The number of hydrogen-bond acceptors (Lipinski definition) is 6. The lowest BCUT2D eigenvalue weighted by Gasteiger charge is -2.35. The number of imidazole rings is 1. The van der Waals surface area contributed by atoms with Crippen LogP contribution in [0.25, 0.3) is 27.5 Å². The van der Waals surface area contributed by atoms with Crippen LogP contribution in [-0.4, -0.2) is 73.4 Å². The van der Waals surface area contributed by atoms with Crippen molar-refractivity contribution < 1.29 is 29.7 Å². The first-order valence-corrected chi connectivity index (χ1v) is 15.2. The van der Waals surface area contributed by atoms with Gasteiger partial charge in [-0.2, -0.15) is 0 Å². The minimum absolute atomic E-state index is 0.0343. The molecule has 0 bridgehead atoms. The molecule has 0 atom stereocenters. The van der Waals surface area contributed by atoms with E-state index in [1.54, 1.807) is 16.7 Å². The van der Waals surface area contributed by atoms with Gasteiger partial charge in [0.05, 0.1) is 11.0 Å². The van der Waals surface area contributed by atoms with Gasteiger partial charge < -0.3 is 25.1 Å². The number of para-hydroxylation sites is 2. The Kier molecular flexibility index (Phi) is 11.2. The quantitative estimate of drug-likeness (QED) is 0.208. The first kappa shape index (κ1) is 33.7. The number of nitrogens with zero attached hydrogens (tertiary/aromatic N) is 4. The Morgan fingerprint density at radius 3 is 2.13 bits per heavy atom. The predicted molar refractivity (Wildman–Crippen MR) is 179 cm³/mol. The normalized spacial score (nSPS) is 13.9. The number of fused-ring (bicyclic) bond motifs is 2. The number of allylic oxidation sites excluding steroid dienone is 1. The van der Waals surface area contributed by atoms with Crippen molar-refractivity contribution in [2.24, 2.45) is 5.92 Å². The summed E-state index contributed by atoms with van der Waals surface area (Å²) in [4.78, 5) is 49.5. The number of aromatic nitrogens is 2. The molecule has 242 valence electrons. The van der Waals surface area contributed by atoms with Gasteiger partial charge in [0.25, 0.3) is 0 Å². The van der Waals surface area contributed by atoms with E-state index in [4.69, 9.17) is 10.2 Å². The number of carbonyl (C=O) groups excluding carboxylic acids is 1. The second kappa shape index (κ2) is 15.2. The average Bonchev–Trinajstić information content (AvgIpc) is 3.32. The third-order valence-corrected chi connectivity index (χ3v) is 8.10. The van der Waals surface area contributed by atoms with Crippen molar-refractivity contribution in [3.05, 3.63) is 89.9 Å². The van der Waals surface area contributed by atoms with Crippen LogP contribution >= 0.6 is 0 Å². The first-order valence-electron chi connectivity index (χ1n) is 15.2. The molecule has 0 saturated carbocycles. The van der Waals surface area contributed by atoms with E-state index in [1.165, 1.54) is 0 Å². The highest BCUT2D eigenvalue weighted by atomic mass is 16.4. The summed E-state index contributed by atoms with van der Waals surface area (Å²) < 4.78 is 3.55. The Balaban J connectivity index is 0.000000533. The SMILES string of the molecule is C=C(C)n1c(=O)n(CCN2CCC(CN(C(=O)CC)c3ccc4cc(O)ccc4c3)CC2)c2ccccc21.O=C(O)/C=C/C(=O)O. The van der Waals surface area contributed by atoms with Crippen molar-refractivity contribution in [3.63, 3.8) is 0 Å². The minimum Gasteiger partial charge on any atom is -0.508 e. The third kappa shape index (κ3) is 8.30. The summed E-state index contributed by atoms with van der Waals surface area (Å²) in [5.74, 6) is -1.73. The van der Waals surface area contributed by atoms with Crippen molar-refractivity contribution >= 4 is 51.0 Å². The lowest BCUT2D eigenvalue weighted by molar-refractivity contribution is -0.134. The fourth-order valence-electron chi connectivity index (χ4n) is 5.76. The Bertz CT molecular complexity index is 1810. The Labute approximate surface area is 266 Å². The van der Waals surface area contributed by atoms with Crippen molar-refractivity contribution in [3.8, 4) is 5.75 Å². The van der Waals surface area contributed by atoms with Crippen LogP contribution in [0.15, 0.2) is 84.2 Å². The second-order valence-corrected chi connectivity index (χ2v) is 11.4. The molecule has 46 heavy (non-hydrogen) atoms. The zero-order chi connectivity index (χ0) is 33.4. The number of phenols is 1. The zero-order valence-corrected chi connectivity index (χ0v) is 26.1. The largest absolute Gasteiger partial charge is 0.508 e. The van der Waals surface area contributed by atoms with Crippen LogP contribution in [0.3, 0.4) is 0 Å². The molecule has 5 rings (SSSR count). The summed E-state index contributed by atoms with van der Waals surface area (Å²) in [5.41, 5.74) is 3.43. The zero-order valence-electron chi connectivity index (χ0n) is 26.1. The summed E-state index contributed by atoms with van der Waals surface area (Å²) in [6.07, 6.45) is 3.60. The van der Waals surface area contributed by atoms with E-state index in [9.17, 15) is 24.3 Å². The summed E-state index contributed by atoms with van der Waals surface area (Å²) in [6.45, 7) is 11.8. The van der Waals surface area contributed by atoms with E-state index in [-0.39, 0.29) is 17.3 Å². The van der Waals surface area contributed by atoms with E-state index in [0.29, 0.717) is 37.6 Å². The Morgan fingerprint density at radius 1 is 0.913 bits per heavy atom. The maximum atomic E-state index is 13.1. The van der Waals surface area contributed by atoms with Gasteiger partial charge in [-0.15, -0.1) is 0 Å².